The average molecular weight is 259 g/mol. The van der Waals surface area contributed by atoms with Crippen LogP contribution in [0.3, 0.4) is 0 Å². The first-order valence-electron chi connectivity index (χ1n) is 5.47. The number of carbonyl (C=O) groups excluding carboxylic acids is 1. The van der Waals surface area contributed by atoms with Crippen LogP contribution in [0.15, 0.2) is 30.3 Å². The maximum absolute atomic E-state index is 12.6. The first kappa shape index (κ1) is 12.9. The number of carbonyl (C=O) groups is 1. The van der Waals surface area contributed by atoms with Crippen molar-refractivity contribution in [1.29, 1.82) is 0 Å². The molecule has 0 aliphatic carbocycles. The number of nitrogens with zero attached hydrogens (tertiary/aromatic N) is 1. The van der Waals surface area contributed by atoms with E-state index < -0.39 is 30.7 Å². The number of halogens is 3. The van der Waals surface area contributed by atoms with Gasteiger partial charge in [0, 0.05) is 18.5 Å². The molecule has 1 saturated heterocycles. The largest absolute Gasteiger partial charge is 0.419 e. The first-order valence-corrected chi connectivity index (χ1v) is 5.47. The van der Waals surface area contributed by atoms with Crippen molar-refractivity contribution < 1.29 is 23.1 Å². The number of benzene rings is 1. The van der Waals surface area contributed by atoms with Gasteiger partial charge in [0.25, 0.3) is 5.91 Å². The van der Waals surface area contributed by atoms with Gasteiger partial charge in [0.2, 0.25) is 0 Å². The van der Waals surface area contributed by atoms with Gasteiger partial charge < -0.3 is 10.0 Å². The molecule has 1 unspecified atom stereocenters. The topological polar surface area (TPSA) is 40.5 Å². The molecule has 1 atom stereocenters. The number of β-amino-alcohol motifs (C(OH)–C–C–N with tert-alkyl or cyclic N) is 1. The summed E-state index contributed by atoms with van der Waals surface area (Å²) in [6, 6.07) is 8.06. The predicted octanol–water partition coefficient (Wildman–Crippen LogP) is 1.83. The number of likely N-dealkylation sites (tertiary alicyclic amines) is 1. The Kier molecular flexibility index (Phi) is 3.06. The van der Waals surface area contributed by atoms with Crippen molar-refractivity contribution in [3.8, 4) is 0 Å². The molecular formula is C12H12F3NO2. The van der Waals surface area contributed by atoms with Crippen LogP contribution < -0.4 is 0 Å². The highest BCUT2D eigenvalue weighted by molar-refractivity contribution is 5.94. The summed E-state index contributed by atoms with van der Waals surface area (Å²) in [5.41, 5.74) is -2.46. The zero-order valence-corrected chi connectivity index (χ0v) is 9.44. The number of hydrogen-bond donors (Lipinski definition) is 1. The van der Waals surface area contributed by atoms with Crippen molar-refractivity contribution in [3.05, 3.63) is 35.9 Å². The molecule has 6 heteroatoms. The van der Waals surface area contributed by atoms with Gasteiger partial charge in [-0.3, -0.25) is 4.79 Å². The van der Waals surface area contributed by atoms with E-state index in [1.54, 1.807) is 18.2 Å². The summed E-state index contributed by atoms with van der Waals surface area (Å²) in [6.07, 6.45) is -5.19. The van der Waals surface area contributed by atoms with Crippen LogP contribution in [0.25, 0.3) is 0 Å². The molecule has 0 bridgehead atoms. The number of aliphatic hydroxyl groups is 1. The van der Waals surface area contributed by atoms with Crippen molar-refractivity contribution in [3.63, 3.8) is 0 Å². The number of amides is 1. The fraction of sp³-hybridized carbons (Fsp3) is 0.417. The second-order valence-electron chi connectivity index (χ2n) is 4.37. The monoisotopic (exact) mass is 259 g/mol. The Bertz CT molecular complexity index is 446. The number of alkyl halides is 3. The number of rotatable bonds is 1. The molecule has 1 aromatic rings. The van der Waals surface area contributed by atoms with Gasteiger partial charge in [-0.05, 0) is 12.1 Å². The zero-order chi connectivity index (χ0) is 13.4. The minimum atomic E-state index is -4.71. The Balaban J connectivity index is 2.13. The second-order valence-corrected chi connectivity index (χ2v) is 4.37. The van der Waals surface area contributed by atoms with E-state index >= 15 is 0 Å². The molecule has 1 amide bonds. The van der Waals surface area contributed by atoms with Gasteiger partial charge in [-0.15, -0.1) is 0 Å². The summed E-state index contributed by atoms with van der Waals surface area (Å²) in [4.78, 5) is 12.9. The molecule has 2 rings (SSSR count). The first-order chi connectivity index (χ1) is 8.33. The Morgan fingerprint density at radius 1 is 1.28 bits per heavy atom. The van der Waals surface area contributed by atoms with E-state index in [4.69, 9.17) is 0 Å². The van der Waals surface area contributed by atoms with Crippen LogP contribution in [0.5, 0.6) is 0 Å². The van der Waals surface area contributed by atoms with Crippen molar-refractivity contribution in [1.82, 2.24) is 4.90 Å². The minimum absolute atomic E-state index is 0.0935. The van der Waals surface area contributed by atoms with Crippen molar-refractivity contribution >= 4 is 5.91 Å². The molecule has 98 valence electrons. The molecule has 3 nitrogen and oxygen atoms in total. The van der Waals surface area contributed by atoms with Crippen LogP contribution in [0.2, 0.25) is 0 Å². The quantitative estimate of drug-likeness (QED) is 0.835. The zero-order valence-electron chi connectivity index (χ0n) is 9.44. The Morgan fingerprint density at radius 3 is 2.39 bits per heavy atom. The maximum Gasteiger partial charge on any atom is 0.419 e. The minimum Gasteiger partial charge on any atom is -0.379 e. The Labute approximate surface area is 102 Å². The second kappa shape index (κ2) is 4.28. The molecule has 0 spiro atoms. The van der Waals surface area contributed by atoms with Crippen molar-refractivity contribution in [2.75, 3.05) is 13.1 Å². The molecule has 0 aromatic heterocycles. The van der Waals surface area contributed by atoms with Gasteiger partial charge in [-0.25, -0.2) is 0 Å². The molecule has 1 aliphatic heterocycles. The fourth-order valence-corrected chi connectivity index (χ4v) is 1.96. The summed E-state index contributed by atoms with van der Waals surface area (Å²) in [5, 5.41) is 9.48. The van der Waals surface area contributed by atoms with Crippen LogP contribution in [0, 0.1) is 0 Å². The highest BCUT2D eigenvalue weighted by atomic mass is 19.4. The third kappa shape index (κ3) is 2.20. The normalized spacial score (nSPS) is 24.3. The van der Waals surface area contributed by atoms with Crippen LogP contribution in [0.4, 0.5) is 13.2 Å². The average Bonchev–Trinajstić information content (AvgIpc) is 2.73. The smallest absolute Gasteiger partial charge is 0.379 e. The van der Waals surface area contributed by atoms with Gasteiger partial charge >= 0.3 is 6.18 Å². The molecule has 0 saturated carbocycles. The molecule has 1 N–H and O–H groups in total. The van der Waals surface area contributed by atoms with E-state index in [9.17, 15) is 23.1 Å². The van der Waals surface area contributed by atoms with Crippen LogP contribution >= 0.6 is 0 Å². The molecule has 1 aliphatic rings. The maximum atomic E-state index is 12.6. The van der Waals surface area contributed by atoms with Crippen molar-refractivity contribution in [2.45, 2.75) is 18.2 Å². The Hall–Kier alpha value is -1.56. The van der Waals surface area contributed by atoms with Gasteiger partial charge in [0.05, 0.1) is 6.54 Å². The van der Waals surface area contributed by atoms with Crippen LogP contribution in [-0.2, 0) is 0 Å². The summed E-state index contributed by atoms with van der Waals surface area (Å²) >= 11 is 0. The third-order valence-electron chi connectivity index (χ3n) is 3.08. The molecule has 0 radical (unpaired) electrons. The lowest BCUT2D eigenvalue weighted by atomic mass is 10.0. The van der Waals surface area contributed by atoms with Gasteiger partial charge in [0.15, 0.2) is 5.60 Å². The highest BCUT2D eigenvalue weighted by Gasteiger charge is 2.57. The summed E-state index contributed by atoms with van der Waals surface area (Å²) in [5.74, 6) is -0.490. The summed E-state index contributed by atoms with van der Waals surface area (Å²) in [7, 11) is 0. The van der Waals surface area contributed by atoms with E-state index in [1.807, 2.05) is 0 Å². The molecule has 1 fully saturated rings. The molecule has 18 heavy (non-hydrogen) atoms. The lowest BCUT2D eigenvalue weighted by Crippen LogP contribution is -2.48. The predicted molar refractivity (Wildman–Crippen MR) is 58.0 cm³/mol. The standard InChI is InChI=1S/C12H12F3NO2/c13-12(14,15)11(18)6-7-16(8-11)10(17)9-4-2-1-3-5-9/h1-5,18H,6-8H2. The van der Waals surface area contributed by atoms with Gasteiger partial charge in [-0.2, -0.15) is 13.2 Å². The highest BCUT2D eigenvalue weighted by Crippen LogP contribution is 2.37. The molecular weight excluding hydrogens is 247 g/mol. The Morgan fingerprint density at radius 2 is 1.89 bits per heavy atom. The van der Waals surface area contributed by atoms with Gasteiger partial charge in [0.1, 0.15) is 0 Å². The van der Waals surface area contributed by atoms with Crippen LogP contribution in [0.1, 0.15) is 16.8 Å². The number of hydrogen-bond acceptors (Lipinski definition) is 2. The lowest BCUT2D eigenvalue weighted by Gasteiger charge is -2.25. The third-order valence-corrected chi connectivity index (χ3v) is 3.08. The van der Waals surface area contributed by atoms with E-state index in [-0.39, 0.29) is 6.54 Å². The lowest BCUT2D eigenvalue weighted by molar-refractivity contribution is -0.253. The summed E-state index contributed by atoms with van der Waals surface area (Å²) < 4.78 is 37.8. The van der Waals surface area contributed by atoms with E-state index in [2.05, 4.69) is 0 Å². The van der Waals surface area contributed by atoms with Crippen LogP contribution in [-0.4, -0.2) is 40.8 Å². The van der Waals surface area contributed by atoms with E-state index in [0.717, 1.165) is 4.90 Å². The fourth-order valence-electron chi connectivity index (χ4n) is 1.96. The summed E-state index contributed by atoms with van der Waals surface area (Å²) in [6.45, 7) is -0.798. The molecule has 1 heterocycles. The van der Waals surface area contributed by atoms with E-state index in [0.29, 0.717) is 5.56 Å². The van der Waals surface area contributed by atoms with E-state index in [1.165, 1.54) is 12.1 Å². The molecule has 1 aromatic carbocycles. The van der Waals surface area contributed by atoms with Gasteiger partial charge in [-0.1, -0.05) is 18.2 Å². The van der Waals surface area contributed by atoms with Crippen molar-refractivity contribution in [2.24, 2.45) is 0 Å². The SMILES string of the molecule is O=C(c1ccccc1)N1CCC(O)(C(F)(F)F)C1.